The molecule has 0 saturated carbocycles. The zero-order valence-electron chi connectivity index (χ0n) is 9.67. The molecule has 1 amide bonds. The average Bonchev–Trinajstić information content (AvgIpc) is 2.41. The Balaban J connectivity index is 2.25. The van der Waals surface area contributed by atoms with Crippen LogP contribution in [0.1, 0.15) is 10.4 Å². The van der Waals surface area contributed by atoms with Crippen LogP contribution in [0.3, 0.4) is 0 Å². The van der Waals surface area contributed by atoms with E-state index in [0.29, 0.717) is 5.69 Å². The lowest BCUT2D eigenvalue weighted by molar-refractivity contribution is -0.385. The average molecular weight is 260 g/mol. The maximum Gasteiger partial charge on any atom is 0.282 e. The quantitative estimate of drug-likeness (QED) is 0.681. The second kappa shape index (κ2) is 5.26. The molecule has 6 heteroatoms. The molecule has 0 spiro atoms. The molecule has 5 nitrogen and oxygen atoms in total. The molecule has 0 radical (unpaired) electrons. The third kappa shape index (κ3) is 2.92. The van der Waals surface area contributed by atoms with E-state index >= 15 is 0 Å². The Morgan fingerprint density at radius 2 is 1.74 bits per heavy atom. The minimum absolute atomic E-state index is 0.0446. The molecule has 0 fully saturated rings. The van der Waals surface area contributed by atoms with Gasteiger partial charge in [-0.1, -0.05) is 12.1 Å². The summed E-state index contributed by atoms with van der Waals surface area (Å²) in [5, 5.41) is 13.3. The summed E-state index contributed by atoms with van der Waals surface area (Å²) < 4.78 is 12.7. The van der Waals surface area contributed by atoms with E-state index in [0.717, 1.165) is 0 Å². The van der Waals surface area contributed by atoms with Gasteiger partial charge in [-0.2, -0.15) is 0 Å². The molecule has 0 aliphatic heterocycles. The SMILES string of the molecule is O=C(Nc1ccc(F)cc1)c1ccccc1[N+](=O)[O-]. The maximum absolute atomic E-state index is 12.7. The van der Waals surface area contributed by atoms with Gasteiger partial charge in [-0.05, 0) is 30.3 Å². The van der Waals surface area contributed by atoms with Crippen molar-refractivity contribution >= 4 is 17.3 Å². The monoisotopic (exact) mass is 260 g/mol. The van der Waals surface area contributed by atoms with Crippen LogP contribution < -0.4 is 5.32 Å². The van der Waals surface area contributed by atoms with E-state index in [9.17, 15) is 19.3 Å². The number of nitro groups is 1. The van der Waals surface area contributed by atoms with Crippen LogP contribution in [0, 0.1) is 15.9 Å². The molecule has 0 bridgehead atoms. The van der Waals surface area contributed by atoms with Crippen molar-refractivity contribution in [3.05, 3.63) is 70.0 Å². The molecule has 0 unspecified atom stereocenters. The number of carbonyl (C=O) groups excluding carboxylic acids is 1. The standard InChI is InChI=1S/C13H9FN2O3/c14-9-5-7-10(8-6-9)15-13(17)11-3-1-2-4-12(11)16(18)19/h1-8H,(H,15,17). The van der Waals surface area contributed by atoms with E-state index < -0.39 is 16.6 Å². The van der Waals surface area contributed by atoms with Gasteiger partial charge in [0.1, 0.15) is 11.4 Å². The Morgan fingerprint density at radius 1 is 1.11 bits per heavy atom. The number of benzene rings is 2. The number of carbonyl (C=O) groups is 1. The Morgan fingerprint density at radius 3 is 2.37 bits per heavy atom. The summed E-state index contributed by atoms with van der Waals surface area (Å²) in [4.78, 5) is 22.1. The molecule has 19 heavy (non-hydrogen) atoms. The highest BCUT2D eigenvalue weighted by molar-refractivity contribution is 6.07. The van der Waals surface area contributed by atoms with Crippen LogP contribution in [0.15, 0.2) is 48.5 Å². The van der Waals surface area contributed by atoms with E-state index in [2.05, 4.69) is 5.32 Å². The zero-order valence-corrected chi connectivity index (χ0v) is 9.67. The van der Waals surface area contributed by atoms with Crippen molar-refractivity contribution in [1.29, 1.82) is 0 Å². The molecule has 0 aromatic heterocycles. The van der Waals surface area contributed by atoms with Crippen molar-refractivity contribution in [1.82, 2.24) is 0 Å². The van der Waals surface area contributed by atoms with Gasteiger partial charge in [-0.15, -0.1) is 0 Å². The van der Waals surface area contributed by atoms with E-state index in [1.807, 2.05) is 0 Å². The molecule has 0 atom stereocenters. The number of nitrogens with zero attached hydrogens (tertiary/aromatic N) is 1. The van der Waals surface area contributed by atoms with Gasteiger partial charge in [0.15, 0.2) is 0 Å². The summed E-state index contributed by atoms with van der Waals surface area (Å²) in [6.07, 6.45) is 0. The second-order valence-electron chi connectivity index (χ2n) is 3.74. The highest BCUT2D eigenvalue weighted by Gasteiger charge is 2.18. The van der Waals surface area contributed by atoms with Crippen LogP contribution in [0.2, 0.25) is 0 Å². The topological polar surface area (TPSA) is 72.2 Å². The summed E-state index contributed by atoms with van der Waals surface area (Å²) in [6.45, 7) is 0. The summed E-state index contributed by atoms with van der Waals surface area (Å²) in [5.74, 6) is -1.04. The molecule has 96 valence electrons. The van der Waals surface area contributed by atoms with Gasteiger partial charge in [-0.3, -0.25) is 14.9 Å². The highest BCUT2D eigenvalue weighted by atomic mass is 19.1. The van der Waals surface area contributed by atoms with Gasteiger partial charge in [0, 0.05) is 11.8 Å². The summed E-state index contributed by atoms with van der Waals surface area (Å²) in [6, 6.07) is 10.8. The molecular weight excluding hydrogens is 251 g/mol. The molecular formula is C13H9FN2O3. The largest absolute Gasteiger partial charge is 0.322 e. The van der Waals surface area contributed by atoms with Crippen LogP contribution >= 0.6 is 0 Å². The summed E-state index contributed by atoms with van der Waals surface area (Å²) in [5.41, 5.74) is 0.0449. The zero-order chi connectivity index (χ0) is 13.8. The van der Waals surface area contributed by atoms with Crippen molar-refractivity contribution in [3.8, 4) is 0 Å². The summed E-state index contributed by atoms with van der Waals surface area (Å²) in [7, 11) is 0. The van der Waals surface area contributed by atoms with Gasteiger partial charge in [0.25, 0.3) is 11.6 Å². The van der Waals surface area contributed by atoms with E-state index in [1.165, 1.54) is 48.5 Å². The van der Waals surface area contributed by atoms with Crippen molar-refractivity contribution in [2.45, 2.75) is 0 Å². The fraction of sp³-hybridized carbons (Fsp3) is 0. The number of hydrogen-bond acceptors (Lipinski definition) is 3. The number of anilines is 1. The number of hydrogen-bond donors (Lipinski definition) is 1. The van der Waals surface area contributed by atoms with Gasteiger partial charge >= 0.3 is 0 Å². The third-order valence-electron chi connectivity index (χ3n) is 2.45. The Kier molecular flexibility index (Phi) is 3.51. The van der Waals surface area contributed by atoms with Crippen molar-refractivity contribution in [2.75, 3.05) is 5.32 Å². The molecule has 0 aliphatic rings. The Bertz CT molecular complexity index is 626. The number of para-hydroxylation sites is 1. The number of amides is 1. The smallest absolute Gasteiger partial charge is 0.282 e. The normalized spacial score (nSPS) is 9.95. The van der Waals surface area contributed by atoms with Gasteiger partial charge in [0.2, 0.25) is 0 Å². The third-order valence-corrected chi connectivity index (χ3v) is 2.45. The van der Waals surface area contributed by atoms with E-state index in [4.69, 9.17) is 0 Å². The first-order chi connectivity index (χ1) is 9.08. The lowest BCUT2D eigenvalue weighted by Crippen LogP contribution is -2.13. The Labute approximate surface area is 107 Å². The lowest BCUT2D eigenvalue weighted by atomic mass is 10.1. The maximum atomic E-state index is 12.7. The Hall–Kier alpha value is -2.76. The predicted molar refractivity (Wildman–Crippen MR) is 67.4 cm³/mol. The molecule has 0 aliphatic carbocycles. The number of nitrogens with one attached hydrogen (secondary N) is 1. The first kappa shape index (κ1) is 12.7. The predicted octanol–water partition coefficient (Wildman–Crippen LogP) is 2.99. The second-order valence-corrected chi connectivity index (χ2v) is 3.74. The van der Waals surface area contributed by atoms with Crippen LogP contribution in [-0.4, -0.2) is 10.8 Å². The van der Waals surface area contributed by atoms with Crippen LogP contribution in [0.25, 0.3) is 0 Å². The molecule has 1 N–H and O–H groups in total. The minimum atomic E-state index is -0.625. The van der Waals surface area contributed by atoms with Crippen molar-refractivity contribution < 1.29 is 14.1 Å². The molecule has 2 aromatic rings. The number of rotatable bonds is 3. The lowest BCUT2D eigenvalue weighted by Gasteiger charge is -2.05. The molecule has 0 heterocycles. The van der Waals surface area contributed by atoms with Crippen molar-refractivity contribution in [3.63, 3.8) is 0 Å². The molecule has 0 saturated heterocycles. The van der Waals surface area contributed by atoms with Gasteiger partial charge < -0.3 is 5.32 Å². The van der Waals surface area contributed by atoms with Crippen LogP contribution in [-0.2, 0) is 0 Å². The number of nitro benzene ring substituents is 1. The van der Waals surface area contributed by atoms with Crippen LogP contribution in [0.4, 0.5) is 15.8 Å². The molecule has 2 aromatic carbocycles. The summed E-state index contributed by atoms with van der Waals surface area (Å²) >= 11 is 0. The molecule has 2 rings (SSSR count). The fourth-order valence-electron chi connectivity index (χ4n) is 1.56. The first-order valence-corrected chi connectivity index (χ1v) is 5.38. The van der Waals surface area contributed by atoms with E-state index in [1.54, 1.807) is 0 Å². The van der Waals surface area contributed by atoms with Gasteiger partial charge in [0.05, 0.1) is 4.92 Å². The first-order valence-electron chi connectivity index (χ1n) is 5.38. The van der Waals surface area contributed by atoms with Crippen molar-refractivity contribution in [2.24, 2.45) is 0 Å². The van der Waals surface area contributed by atoms with Gasteiger partial charge in [-0.25, -0.2) is 4.39 Å². The minimum Gasteiger partial charge on any atom is -0.322 e. The highest BCUT2D eigenvalue weighted by Crippen LogP contribution is 2.19. The van der Waals surface area contributed by atoms with E-state index in [-0.39, 0.29) is 11.3 Å². The fourth-order valence-corrected chi connectivity index (χ4v) is 1.56. The van der Waals surface area contributed by atoms with Crippen LogP contribution in [0.5, 0.6) is 0 Å². The number of halogens is 1.